The largest absolute Gasteiger partial charge is 0.478 e. The van der Waals surface area contributed by atoms with Gasteiger partial charge in [0.25, 0.3) is 5.56 Å². The second-order valence-electron chi connectivity index (χ2n) is 7.11. The number of carbonyl (C=O) groups excluding carboxylic acids is 3. The number of amides is 3. The van der Waals surface area contributed by atoms with Crippen LogP contribution in [-0.4, -0.2) is 46.0 Å². The molecular formula is C20H28N4O6. The molecule has 0 aliphatic heterocycles. The van der Waals surface area contributed by atoms with Crippen LogP contribution < -0.4 is 21.5 Å². The van der Waals surface area contributed by atoms with Gasteiger partial charge in [-0.2, -0.15) is 0 Å². The fraction of sp³-hybridized carbons (Fsp3) is 0.450. The van der Waals surface area contributed by atoms with Gasteiger partial charge in [-0.15, -0.1) is 0 Å². The third kappa shape index (κ3) is 9.18. The van der Waals surface area contributed by atoms with Crippen molar-refractivity contribution in [3.8, 4) is 0 Å². The quantitative estimate of drug-likeness (QED) is 0.383. The summed E-state index contributed by atoms with van der Waals surface area (Å²) in [5.74, 6) is -2.22. The average molecular weight is 420 g/mol. The molecule has 10 heteroatoms. The van der Waals surface area contributed by atoms with Crippen LogP contribution >= 0.6 is 0 Å². The number of aliphatic carboxylic acids is 1. The van der Waals surface area contributed by atoms with E-state index in [9.17, 15) is 24.0 Å². The predicted octanol–water partition coefficient (Wildman–Crippen LogP) is 0.485. The predicted molar refractivity (Wildman–Crippen MR) is 111 cm³/mol. The van der Waals surface area contributed by atoms with E-state index in [2.05, 4.69) is 16.0 Å². The Balaban J connectivity index is 2.85. The molecule has 0 spiro atoms. The minimum Gasteiger partial charge on any atom is -0.478 e. The Morgan fingerprint density at radius 3 is 2.53 bits per heavy atom. The summed E-state index contributed by atoms with van der Waals surface area (Å²) in [6.07, 6.45) is 4.14. The lowest BCUT2D eigenvalue weighted by atomic mass is 10.1. The molecule has 0 aliphatic carbocycles. The maximum Gasteiger partial charge on any atom is 0.327 e. The first-order valence-corrected chi connectivity index (χ1v) is 9.53. The third-order valence-corrected chi connectivity index (χ3v) is 3.88. The Hall–Kier alpha value is -3.43. The van der Waals surface area contributed by atoms with E-state index in [1.807, 2.05) is 13.8 Å². The molecule has 1 aromatic heterocycles. The number of anilines is 1. The van der Waals surface area contributed by atoms with Gasteiger partial charge < -0.3 is 25.6 Å². The maximum atomic E-state index is 12.6. The zero-order valence-corrected chi connectivity index (χ0v) is 17.3. The van der Waals surface area contributed by atoms with Gasteiger partial charge in [-0.1, -0.05) is 19.9 Å². The van der Waals surface area contributed by atoms with Crippen molar-refractivity contribution in [1.82, 2.24) is 15.2 Å². The lowest BCUT2D eigenvalue weighted by Gasteiger charge is -2.17. The molecule has 0 saturated heterocycles. The van der Waals surface area contributed by atoms with Gasteiger partial charge in [-0.05, 0) is 30.9 Å². The van der Waals surface area contributed by atoms with Crippen LogP contribution in [0.1, 0.15) is 33.6 Å². The van der Waals surface area contributed by atoms with Crippen LogP contribution in [0.2, 0.25) is 0 Å². The highest BCUT2D eigenvalue weighted by molar-refractivity contribution is 5.96. The molecular weight excluding hydrogens is 392 g/mol. The summed E-state index contributed by atoms with van der Waals surface area (Å²) < 4.78 is 1.17. The van der Waals surface area contributed by atoms with Crippen molar-refractivity contribution in [1.29, 1.82) is 0 Å². The highest BCUT2D eigenvalue weighted by Crippen LogP contribution is 2.05. The fourth-order valence-electron chi connectivity index (χ4n) is 2.47. The third-order valence-electron chi connectivity index (χ3n) is 3.88. The van der Waals surface area contributed by atoms with E-state index >= 15 is 0 Å². The minimum atomic E-state index is -1.11. The molecule has 0 fully saturated rings. The summed E-state index contributed by atoms with van der Waals surface area (Å²) in [5, 5.41) is 16.3. The van der Waals surface area contributed by atoms with Gasteiger partial charge in [0.15, 0.2) is 0 Å². The van der Waals surface area contributed by atoms with Crippen LogP contribution in [-0.2, 0) is 25.7 Å². The van der Waals surface area contributed by atoms with Gasteiger partial charge in [-0.25, -0.2) is 4.79 Å². The van der Waals surface area contributed by atoms with Crippen molar-refractivity contribution < 1.29 is 24.3 Å². The summed E-state index contributed by atoms with van der Waals surface area (Å²) >= 11 is 0. The molecule has 0 radical (unpaired) electrons. The summed E-state index contributed by atoms with van der Waals surface area (Å²) in [4.78, 5) is 59.0. The number of carboxylic acid groups (broad SMARTS) is 1. The van der Waals surface area contributed by atoms with E-state index in [1.165, 1.54) is 35.9 Å². The number of hydrogen-bond donors (Lipinski definition) is 4. The van der Waals surface area contributed by atoms with Crippen LogP contribution in [0.3, 0.4) is 0 Å². The van der Waals surface area contributed by atoms with Crippen molar-refractivity contribution in [2.24, 2.45) is 5.92 Å². The molecule has 164 valence electrons. The lowest BCUT2D eigenvalue weighted by Crippen LogP contribution is -2.44. The molecule has 4 N–H and O–H groups in total. The maximum absolute atomic E-state index is 12.6. The topological polar surface area (TPSA) is 147 Å². The molecule has 3 amide bonds. The molecule has 1 aromatic rings. The highest BCUT2D eigenvalue weighted by atomic mass is 16.4. The first kappa shape index (κ1) is 24.6. The van der Waals surface area contributed by atoms with Crippen molar-refractivity contribution in [2.45, 2.75) is 46.2 Å². The van der Waals surface area contributed by atoms with Crippen molar-refractivity contribution in [3.63, 3.8) is 0 Å². The lowest BCUT2D eigenvalue weighted by molar-refractivity contribution is -0.131. The Bertz CT molecular complexity index is 859. The van der Waals surface area contributed by atoms with E-state index in [1.54, 1.807) is 0 Å². The number of carbonyl (C=O) groups is 4. The van der Waals surface area contributed by atoms with Crippen LogP contribution in [0.15, 0.2) is 35.3 Å². The Kier molecular flexibility index (Phi) is 10.0. The zero-order chi connectivity index (χ0) is 22.7. The van der Waals surface area contributed by atoms with E-state index in [-0.39, 0.29) is 36.9 Å². The number of nitrogens with one attached hydrogen (secondary N) is 3. The van der Waals surface area contributed by atoms with Gasteiger partial charge in [-0.3, -0.25) is 19.2 Å². The number of aromatic nitrogens is 1. The molecule has 0 bridgehead atoms. The van der Waals surface area contributed by atoms with Crippen molar-refractivity contribution >= 4 is 29.4 Å². The van der Waals surface area contributed by atoms with Crippen LogP contribution in [0.4, 0.5) is 5.69 Å². The molecule has 1 rings (SSSR count). The molecule has 0 aliphatic rings. The molecule has 0 aromatic carbocycles. The minimum absolute atomic E-state index is 0.0319. The number of carboxylic acids is 1. The molecule has 1 heterocycles. The second kappa shape index (κ2) is 12.2. The van der Waals surface area contributed by atoms with Gasteiger partial charge in [0, 0.05) is 25.7 Å². The normalized spacial score (nSPS) is 11.9. The van der Waals surface area contributed by atoms with E-state index in [4.69, 9.17) is 5.11 Å². The first-order valence-electron chi connectivity index (χ1n) is 9.53. The Morgan fingerprint density at radius 1 is 1.23 bits per heavy atom. The summed E-state index contributed by atoms with van der Waals surface area (Å²) in [6, 6.07) is 1.97. The molecule has 30 heavy (non-hydrogen) atoms. The van der Waals surface area contributed by atoms with Crippen LogP contribution in [0.25, 0.3) is 0 Å². The van der Waals surface area contributed by atoms with Gasteiger partial charge in [0.1, 0.15) is 18.3 Å². The number of allylic oxidation sites excluding steroid dienone is 1. The van der Waals surface area contributed by atoms with Crippen molar-refractivity contribution in [2.75, 3.05) is 11.9 Å². The van der Waals surface area contributed by atoms with E-state index in [0.29, 0.717) is 6.54 Å². The zero-order valence-electron chi connectivity index (χ0n) is 17.3. The van der Waals surface area contributed by atoms with Crippen LogP contribution in [0, 0.1) is 5.92 Å². The number of nitrogens with zero attached hydrogens (tertiary/aromatic N) is 1. The van der Waals surface area contributed by atoms with Gasteiger partial charge in [0.05, 0.1) is 0 Å². The average Bonchev–Trinajstić information content (AvgIpc) is 2.65. The first-order chi connectivity index (χ1) is 14.1. The fourth-order valence-corrected chi connectivity index (χ4v) is 2.47. The Morgan fingerprint density at radius 2 is 1.93 bits per heavy atom. The van der Waals surface area contributed by atoms with Gasteiger partial charge >= 0.3 is 5.97 Å². The highest BCUT2D eigenvalue weighted by Gasteiger charge is 2.20. The van der Waals surface area contributed by atoms with Crippen molar-refractivity contribution in [3.05, 3.63) is 40.8 Å². The number of pyridine rings is 1. The molecule has 1 unspecified atom stereocenters. The van der Waals surface area contributed by atoms with E-state index < -0.39 is 29.4 Å². The SMILES string of the molecule is CC(=O)NC(CC/C=C/C(=O)O)C(=O)Nc1cccn(CC(=O)NCC(C)C)c1=O. The summed E-state index contributed by atoms with van der Waals surface area (Å²) in [7, 11) is 0. The van der Waals surface area contributed by atoms with Gasteiger partial charge in [0.2, 0.25) is 17.7 Å². The molecule has 1 atom stereocenters. The Labute approximate surface area is 174 Å². The standard InChI is InChI=1S/C20H28N4O6/c1-13(2)11-21-17(26)12-24-10-6-8-16(20(24)30)23-19(29)15(22-14(3)25)7-4-5-9-18(27)28/h5-6,8-10,13,15H,4,7,11-12H2,1-3H3,(H,21,26)(H,22,25)(H,23,29)(H,27,28)/b9-5+. The summed E-state index contributed by atoms with van der Waals surface area (Å²) in [5.41, 5.74) is -0.589. The number of rotatable bonds is 11. The second-order valence-corrected chi connectivity index (χ2v) is 7.11. The monoisotopic (exact) mass is 420 g/mol. The molecule has 10 nitrogen and oxygen atoms in total. The smallest absolute Gasteiger partial charge is 0.327 e. The molecule has 0 saturated carbocycles. The number of hydrogen-bond acceptors (Lipinski definition) is 5. The summed E-state index contributed by atoms with van der Waals surface area (Å²) in [6.45, 7) is 5.44. The van der Waals surface area contributed by atoms with E-state index in [0.717, 1.165) is 6.08 Å². The van der Waals surface area contributed by atoms with Crippen LogP contribution in [0.5, 0.6) is 0 Å².